The second-order valence-electron chi connectivity index (χ2n) is 4.76. The number of hydrogen-bond donors (Lipinski definition) is 1. The Hall–Kier alpha value is -2.13. The molecule has 20 heavy (non-hydrogen) atoms. The van der Waals surface area contributed by atoms with Gasteiger partial charge in [-0.3, -0.25) is 9.59 Å². The minimum absolute atomic E-state index is 0.0569. The van der Waals surface area contributed by atoms with E-state index in [-0.39, 0.29) is 18.1 Å². The molecular formula is C16H12ClNO2. The van der Waals surface area contributed by atoms with Gasteiger partial charge >= 0.3 is 0 Å². The Morgan fingerprint density at radius 2 is 1.80 bits per heavy atom. The molecule has 0 aliphatic carbocycles. The minimum Gasteiger partial charge on any atom is -0.325 e. The van der Waals surface area contributed by atoms with E-state index < -0.39 is 5.92 Å². The van der Waals surface area contributed by atoms with Gasteiger partial charge in [-0.2, -0.15) is 0 Å². The van der Waals surface area contributed by atoms with Crippen molar-refractivity contribution in [2.45, 2.75) is 12.3 Å². The van der Waals surface area contributed by atoms with Crippen LogP contribution in [0.4, 0.5) is 5.69 Å². The standard InChI is InChI=1S/C16H12ClNO2/c17-11-7-5-10(6-8-11)15(19)9-13-12-3-1-2-4-14(12)18-16(13)20/h1-8,13H,9H2,(H,18,20)/t13-/m0/s1. The number of para-hydroxylation sites is 1. The van der Waals surface area contributed by atoms with Crippen molar-refractivity contribution in [2.24, 2.45) is 0 Å². The number of nitrogens with one attached hydrogen (secondary N) is 1. The average molecular weight is 286 g/mol. The summed E-state index contributed by atoms with van der Waals surface area (Å²) in [6.45, 7) is 0. The summed E-state index contributed by atoms with van der Waals surface area (Å²) in [7, 11) is 0. The zero-order valence-corrected chi connectivity index (χ0v) is 11.4. The molecule has 1 amide bonds. The number of rotatable bonds is 3. The van der Waals surface area contributed by atoms with Crippen LogP contribution in [-0.4, -0.2) is 11.7 Å². The van der Waals surface area contributed by atoms with Gasteiger partial charge in [0.05, 0.1) is 5.92 Å². The van der Waals surface area contributed by atoms with Gasteiger partial charge in [-0.1, -0.05) is 29.8 Å². The zero-order chi connectivity index (χ0) is 14.1. The van der Waals surface area contributed by atoms with E-state index in [0.29, 0.717) is 10.6 Å². The van der Waals surface area contributed by atoms with Crippen molar-refractivity contribution in [3.05, 3.63) is 64.7 Å². The summed E-state index contributed by atoms with van der Waals surface area (Å²) in [5.41, 5.74) is 2.26. The van der Waals surface area contributed by atoms with Gasteiger partial charge in [-0.05, 0) is 35.9 Å². The Kier molecular flexibility index (Phi) is 3.28. The number of amides is 1. The Morgan fingerprint density at radius 3 is 2.55 bits per heavy atom. The lowest BCUT2D eigenvalue weighted by molar-refractivity contribution is -0.117. The third-order valence-corrected chi connectivity index (χ3v) is 3.72. The van der Waals surface area contributed by atoms with Crippen LogP contribution in [0.15, 0.2) is 48.5 Å². The van der Waals surface area contributed by atoms with Crippen LogP contribution in [0.3, 0.4) is 0 Å². The second-order valence-corrected chi connectivity index (χ2v) is 5.20. The molecule has 0 unspecified atom stereocenters. The molecule has 0 bridgehead atoms. The van der Waals surface area contributed by atoms with Crippen LogP contribution < -0.4 is 5.32 Å². The first kappa shape index (κ1) is 12.9. The molecule has 0 aromatic heterocycles. The highest BCUT2D eigenvalue weighted by atomic mass is 35.5. The van der Waals surface area contributed by atoms with Crippen molar-refractivity contribution in [1.29, 1.82) is 0 Å². The van der Waals surface area contributed by atoms with Crippen molar-refractivity contribution in [2.75, 3.05) is 5.32 Å². The molecule has 1 aliphatic heterocycles. The molecule has 1 aliphatic rings. The van der Waals surface area contributed by atoms with E-state index in [0.717, 1.165) is 11.3 Å². The third kappa shape index (κ3) is 2.32. The molecular weight excluding hydrogens is 274 g/mol. The highest BCUT2D eigenvalue weighted by Gasteiger charge is 2.31. The smallest absolute Gasteiger partial charge is 0.232 e. The fraction of sp³-hybridized carbons (Fsp3) is 0.125. The molecule has 0 spiro atoms. The molecule has 3 nitrogen and oxygen atoms in total. The summed E-state index contributed by atoms with van der Waals surface area (Å²) in [5, 5.41) is 3.39. The van der Waals surface area contributed by atoms with E-state index in [1.807, 2.05) is 24.3 Å². The van der Waals surface area contributed by atoms with Crippen molar-refractivity contribution in [3.63, 3.8) is 0 Å². The maximum Gasteiger partial charge on any atom is 0.232 e. The molecule has 0 fully saturated rings. The van der Waals surface area contributed by atoms with Crippen molar-refractivity contribution >= 4 is 29.0 Å². The number of anilines is 1. The minimum atomic E-state index is -0.408. The Labute approximate surface area is 121 Å². The maximum absolute atomic E-state index is 12.2. The molecule has 1 N–H and O–H groups in total. The predicted molar refractivity (Wildman–Crippen MR) is 78.2 cm³/mol. The molecule has 0 saturated carbocycles. The topological polar surface area (TPSA) is 46.2 Å². The lowest BCUT2D eigenvalue weighted by Gasteiger charge is -2.08. The second kappa shape index (κ2) is 5.10. The number of ketones is 1. The Balaban J connectivity index is 1.83. The van der Waals surface area contributed by atoms with E-state index in [4.69, 9.17) is 11.6 Å². The van der Waals surface area contributed by atoms with Crippen LogP contribution in [-0.2, 0) is 4.79 Å². The van der Waals surface area contributed by atoms with Gasteiger partial charge in [-0.15, -0.1) is 0 Å². The first-order chi connectivity index (χ1) is 9.65. The van der Waals surface area contributed by atoms with Gasteiger partial charge in [0.15, 0.2) is 5.78 Å². The van der Waals surface area contributed by atoms with Crippen molar-refractivity contribution in [3.8, 4) is 0 Å². The van der Waals surface area contributed by atoms with Crippen LogP contribution in [0.5, 0.6) is 0 Å². The quantitative estimate of drug-likeness (QED) is 0.875. The molecule has 2 aromatic rings. The summed E-state index contributed by atoms with van der Waals surface area (Å²) in [5.74, 6) is -0.582. The van der Waals surface area contributed by atoms with E-state index in [1.165, 1.54) is 0 Å². The van der Waals surface area contributed by atoms with Crippen molar-refractivity contribution < 1.29 is 9.59 Å². The van der Waals surface area contributed by atoms with Crippen LogP contribution in [0.2, 0.25) is 5.02 Å². The average Bonchev–Trinajstić information content (AvgIpc) is 2.76. The molecule has 3 rings (SSSR count). The third-order valence-electron chi connectivity index (χ3n) is 3.47. The molecule has 0 radical (unpaired) electrons. The first-order valence-electron chi connectivity index (χ1n) is 6.34. The van der Waals surface area contributed by atoms with Crippen molar-refractivity contribution in [1.82, 2.24) is 0 Å². The normalized spacial score (nSPS) is 16.6. The van der Waals surface area contributed by atoms with E-state index >= 15 is 0 Å². The number of carbonyl (C=O) groups is 2. The monoisotopic (exact) mass is 285 g/mol. The van der Waals surface area contributed by atoms with Crippen LogP contribution >= 0.6 is 11.6 Å². The number of benzene rings is 2. The first-order valence-corrected chi connectivity index (χ1v) is 6.71. The largest absolute Gasteiger partial charge is 0.325 e. The van der Waals surface area contributed by atoms with Gasteiger partial charge < -0.3 is 5.32 Å². The lowest BCUT2D eigenvalue weighted by Crippen LogP contribution is -2.16. The zero-order valence-electron chi connectivity index (χ0n) is 10.6. The van der Waals surface area contributed by atoms with Crippen LogP contribution in [0.1, 0.15) is 28.3 Å². The van der Waals surface area contributed by atoms with Gasteiger partial charge in [-0.25, -0.2) is 0 Å². The van der Waals surface area contributed by atoms with Gasteiger partial charge in [0.1, 0.15) is 0 Å². The maximum atomic E-state index is 12.2. The molecule has 2 aromatic carbocycles. The number of halogens is 1. The highest BCUT2D eigenvalue weighted by molar-refractivity contribution is 6.30. The molecule has 0 saturated heterocycles. The number of fused-ring (bicyclic) bond motifs is 1. The van der Waals surface area contributed by atoms with Crippen LogP contribution in [0, 0.1) is 0 Å². The van der Waals surface area contributed by atoms with E-state index in [2.05, 4.69) is 5.32 Å². The Bertz CT molecular complexity index is 679. The molecule has 1 heterocycles. The van der Waals surface area contributed by atoms with Crippen LogP contribution in [0.25, 0.3) is 0 Å². The number of hydrogen-bond acceptors (Lipinski definition) is 2. The summed E-state index contributed by atoms with van der Waals surface area (Å²) in [4.78, 5) is 24.2. The highest BCUT2D eigenvalue weighted by Crippen LogP contribution is 2.35. The van der Waals surface area contributed by atoms with Gasteiger partial charge in [0.25, 0.3) is 0 Å². The molecule has 4 heteroatoms. The summed E-state index contributed by atoms with van der Waals surface area (Å²) in [6.07, 6.45) is 0.171. The SMILES string of the molecule is O=C(C[C@@H]1C(=O)Nc2ccccc21)c1ccc(Cl)cc1. The fourth-order valence-electron chi connectivity index (χ4n) is 2.42. The number of carbonyl (C=O) groups excluding carboxylic acids is 2. The summed E-state index contributed by atoms with van der Waals surface area (Å²) < 4.78 is 0. The lowest BCUT2D eigenvalue weighted by atomic mass is 9.93. The van der Waals surface area contributed by atoms with Gasteiger partial charge in [0.2, 0.25) is 5.91 Å². The van der Waals surface area contributed by atoms with E-state index in [1.54, 1.807) is 24.3 Å². The van der Waals surface area contributed by atoms with Gasteiger partial charge in [0, 0.05) is 22.7 Å². The summed E-state index contributed by atoms with van der Waals surface area (Å²) in [6, 6.07) is 14.2. The summed E-state index contributed by atoms with van der Waals surface area (Å²) >= 11 is 5.80. The molecule has 100 valence electrons. The predicted octanol–water partition coefficient (Wildman–Crippen LogP) is 3.65. The molecule has 1 atom stereocenters. The number of Topliss-reactive ketones (excluding diaryl/α,β-unsaturated/α-hetero) is 1. The fourth-order valence-corrected chi connectivity index (χ4v) is 2.54. The van der Waals surface area contributed by atoms with E-state index in [9.17, 15) is 9.59 Å². The Morgan fingerprint density at radius 1 is 1.10 bits per heavy atom.